The van der Waals surface area contributed by atoms with Gasteiger partial charge in [-0.1, -0.05) is 0 Å². The molecule has 0 fully saturated rings. The minimum atomic E-state index is -0.200. The monoisotopic (exact) mass is 167 g/mol. The van der Waals surface area contributed by atoms with Crippen LogP contribution in [0.4, 0.5) is 5.69 Å². The van der Waals surface area contributed by atoms with Gasteiger partial charge in [0, 0.05) is 0 Å². The first kappa shape index (κ1) is 6.90. The number of aromatic hydroxyl groups is 1. The van der Waals surface area contributed by atoms with E-state index in [0.29, 0.717) is 5.75 Å². The van der Waals surface area contributed by atoms with E-state index in [1.807, 2.05) is 0 Å². The molecule has 5 nitrogen and oxygen atoms in total. The van der Waals surface area contributed by atoms with Gasteiger partial charge >= 0.3 is 0 Å². The third kappa shape index (κ3) is 0.795. The molecule has 0 saturated carbocycles. The lowest BCUT2D eigenvalue weighted by molar-refractivity contribution is 0.174. The fourth-order valence-corrected chi connectivity index (χ4v) is 1.04. The largest absolute Gasteiger partial charge is 0.505 e. The Labute approximate surface area is 67.5 Å². The maximum absolute atomic E-state index is 10.2. The van der Waals surface area contributed by atoms with E-state index in [9.17, 15) is 4.91 Å². The summed E-state index contributed by atoms with van der Waals surface area (Å²) in [6.07, 6.45) is 0. The molecule has 1 aromatic rings. The lowest BCUT2D eigenvalue weighted by atomic mass is 10.2. The average molecular weight is 167 g/mol. The van der Waals surface area contributed by atoms with Gasteiger partial charge in [-0.2, -0.15) is 0 Å². The van der Waals surface area contributed by atoms with E-state index in [4.69, 9.17) is 14.6 Å². The summed E-state index contributed by atoms with van der Waals surface area (Å²) in [5, 5.41) is 11.8. The molecule has 1 N–H and O–H groups in total. The van der Waals surface area contributed by atoms with Crippen LogP contribution in [0.1, 0.15) is 0 Å². The fourth-order valence-electron chi connectivity index (χ4n) is 1.04. The number of fused-ring (bicyclic) bond motifs is 1. The number of hydrogen-bond donors (Lipinski definition) is 1. The molecule has 5 heteroatoms. The zero-order chi connectivity index (χ0) is 8.55. The molecule has 0 unspecified atom stereocenters. The number of nitroso groups, excluding NO2 is 1. The Morgan fingerprint density at radius 1 is 1.42 bits per heavy atom. The van der Waals surface area contributed by atoms with Gasteiger partial charge in [-0.15, -0.1) is 4.91 Å². The quantitative estimate of drug-likeness (QED) is 0.644. The molecule has 1 aliphatic rings. The van der Waals surface area contributed by atoms with E-state index in [0.717, 1.165) is 0 Å². The fraction of sp³-hybridized carbons (Fsp3) is 0.143. The summed E-state index contributed by atoms with van der Waals surface area (Å²) in [4.78, 5) is 10.2. The van der Waals surface area contributed by atoms with Gasteiger partial charge in [0.2, 0.25) is 6.79 Å². The molecule has 1 heterocycles. The summed E-state index contributed by atoms with van der Waals surface area (Å²) < 4.78 is 9.89. The van der Waals surface area contributed by atoms with Crippen LogP contribution in [-0.4, -0.2) is 11.9 Å². The molecule has 12 heavy (non-hydrogen) atoms. The molecular formula is C7H5NO4. The second-order valence-electron chi connectivity index (χ2n) is 2.26. The van der Waals surface area contributed by atoms with Gasteiger partial charge in [0.25, 0.3) is 0 Å². The van der Waals surface area contributed by atoms with Crippen molar-refractivity contribution in [2.75, 3.05) is 6.79 Å². The average Bonchev–Trinajstić information content (AvgIpc) is 2.52. The lowest BCUT2D eigenvalue weighted by Crippen LogP contribution is -1.93. The van der Waals surface area contributed by atoms with E-state index in [-0.39, 0.29) is 24.0 Å². The predicted molar refractivity (Wildman–Crippen MR) is 39.7 cm³/mol. The summed E-state index contributed by atoms with van der Waals surface area (Å²) >= 11 is 0. The van der Waals surface area contributed by atoms with Crippen LogP contribution in [0, 0.1) is 4.91 Å². The number of benzene rings is 1. The number of phenols is 1. The van der Waals surface area contributed by atoms with E-state index in [1.165, 1.54) is 12.1 Å². The second-order valence-corrected chi connectivity index (χ2v) is 2.26. The van der Waals surface area contributed by atoms with Crippen molar-refractivity contribution in [2.45, 2.75) is 0 Å². The molecule has 0 aromatic heterocycles. The SMILES string of the molecule is O=Nc1c(O)ccc2c1OCO2. The van der Waals surface area contributed by atoms with Gasteiger partial charge < -0.3 is 14.6 Å². The van der Waals surface area contributed by atoms with E-state index < -0.39 is 0 Å². The van der Waals surface area contributed by atoms with E-state index >= 15 is 0 Å². The summed E-state index contributed by atoms with van der Waals surface area (Å²) in [5.74, 6) is 0.446. The Bertz CT molecular complexity index is 336. The summed E-state index contributed by atoms with van der Waals surface area (Å²) in [6, 6.07) is 2.86. The smallest absolute Gasteiger partial charge is 0.231 e. The maximum atomic E-state index is 10.2. The Morgan fingerprint density at radius 2 is 2.25 bits per heavy atom. The highest BCUT2D eigenvalue weighted by Gasteiger charge is 2.21. The number of hydrogen-bond acceptors (Lipinski definition) is 5. The van der Waals surface area contributed by atoms with E-state index in [2.05, 4.69) is 5.18 Å². The molecule has 0 spiro atoms. The summed E-state index contributed by atoms with van der Waals surface area (Å²) in [7, 11) is 0. The van der Waals surface area contributed by atoms with Crippen molar-refractivity contribution < 1.29 is 14.6 Å². The van der Waals surface area contributed by atoms with Crippen molar-refractivity contribution in [1.29, 1.82) is 0 Å². The van der Waals surface area contributed by atoms with Crippen LogP contribution in [0.2, 0.25) is 0 Å². The van der Waals surface area contributed by atoms with Gasteiger partial charge in [0.05, 0.1) is 0 Å². The Morgan fingerprint density at radius 3 is 3.00 bits per heavy atom. The standard InChI is InChI=1S/C7H5NO4/c9-4-1-2-5-7(6(4)8-10)12-3-11-5/h1-2,9H,3H2. The van der Waals surface area contributed by atoms with Gasteiger partial charge in [-0.25, -0.2) is 0 Å². The van der Waals surface area contributed by atoms with Crippen LogP contribution in [0.3, 0.4) is 0 Å². The minimum Gasteiger partial charge on any atom is -0.505 e. The third-order valence-electron chi connectivity index (χ3n) is 1.58. The molecule has 1 aliphatic heterocycles. The van der Waals surface area contributed by atoms with Gasteiger partial charge in [0.1, 0.15) is 5.75 Å². The van der Waals surface area contributed by atoms with Crippen molar-refractivity contribution >= 4 is 5.69 Å². The summed E-state index contributed by atoms with van der Waals surface area (Å²) in [5.41, 5.74) is -0.106. The zero-order valence-corrected chi connectivity index (χ0v) is 5.98. The van der Waals surface area contributed by atoms with Crippen LogP contribution in [0.15, 0.2) is 17.3 Å². The predicted octanol–water partition coefficient (Wildman–Crippen LogP) is 1.52. The Kier molecular flexibility index (Phi) is 1.36. The molecule has 2 rings (SSSR count). The van der Waals surface area contributed by atoms with Crippen LogP contribution in [0.5, 0.6) is 17.2 Å². The number of rotatable bonds is 1. The normalized spacial score (nSPS) is 13.0. The first-order chi connectivity index (χ1) is 5.83. The molecule has 1 aromatic carbocycles. The second kappa shape index (κ2) is 2.37. The molecular weight excluding hydrogens is 162 g/mol. The molecule has 0 amide bonds. The molecule has 0 saturated heterocycles. The van der Waals surface area contributed by atoms with Gasteiger partial charge in [0.15, 0.2) is 17.2 Å². The number of phenolic OH excluding ortho intramolecular Hbond substituents is 1. The van der Waals surface area contributed by atoms with Crippen LogP contribution < -0.4 is 9.47 Å². The highest BCUT2D eigenvalue weighted by molar-refractivity contribution is 5.67. The lowest BCUT2D eigenvalue weighted by Gasteiger charge is -1.98. The number of ether oxygens (including phenoxy) is 2. The van der Waals surface area contributed by atoms with Crippen LogP contribution >= 0.6 is 0 Å². The molecule has 0 bridgehead atoms. The molecule has 62 valence electrons. The van der Waals surface area contributed by atoms with Crippen molar-refractivity contribution in [2.24, 2.45) is 5.18 Å². The maximum Gasteiger partial charge on any atom is 0.231 e. The highest BCUT2D eigenvalue weighted by atomic mass is 16.7. The van der Waals surface area contributed by atoms with Crippen LogP contribution in [0.25, 0.3) is 0 Å². The number of nitrogens with zero attached hydrogens (tertiary/aromatic N) is 1. The van der Waals surface area contributed by atoms with E-state index in [1.54, 1.807) is 0 Å². The topological polar surface area (TPSA) is 68.1 Å². The first-order valence-corrected chi connectivity index (χ1v) is 3.28. The van der Waals surface area contributed by atoms with Crippen LogP contribution in [-0.2, 0) is 0 Å². The van der Waals surface area contributed by atoms with Crippen molar-refractivity contribution in [1.82, 2.24) is 0 Å². The van der Waals surface area contributed by atoms with Crippen molar-refractivity contribution in [3.8, 4) is 17.2 Å². The Hall–Kier alpha value is -1.78. The molecule has 0 atom stereocenters. The highest BCUT2D eigenvalue weighted by Crippen LogP contribution is 2.45. The third-order valence-corrected chi connectivity index (χ3v) is 1.58. The Balaban J connectivity index is 2.65. The molecule has 0 aliphatic carbocycles. The summed E-state index contributed by atoms with van der Waals surface area (Å²) in [6.45, 7) is 0.0569. The minimum absolute atomic E-state index is 0.0569. The van der Waals surface area contributed by atoms with Crippen molar-refractivity contribution in [3.63, 3.8) is 0 Å². The first-order valence-electron chi connectivity index (χ1n) is 3.28. The zero-order valence-electron chi connectivity index (χ0n) is 5.98. The van der Waals surface area contributed by atoms with Gasteiger partial charge in [-0.3, -0.25) is 0 Å². The van der Waals surface area contributed by atoms with Gasteiger partial charge in [-0.05, 0) is 17.3 Å². The van der Waals surface area contributed by atoms with Crippen molar-refractivity contribution in [3.05, 3.63) is 17.0 Å². The molecule has 0 radical (unpaired) electrons.